The molecule has 1 N–H and O–H groups in total. The van der Waals surface area contributed by atoms with E-state index in [9.17, 15) is 9.59 Å². The highest BCUT2D eigenvalue weighted by molar-refractivity contribution is 5.90. The molecular weight excluding hydrogens is 152 g/mol. The van der Waals surface area contributed by atoms with Gasteiger partial charge in [-0.15, -0.1) is 0 Å². The van der Waals surface area contributed by atoms with Crippen molar-refractivity contribution in [2.45, 2.75) is 0 Å². The fourth-order valence-electron chi connectivity index (χ4n) is 0.509. The maximum absolute atomic E-state index is 10.2. The highest BCUT2D eigenvalue weighted by Crippen LogP contribution is 2.15. The molecule has 6 heteroatoms. The van der Waals surface area contributed by atoms with Crippen LogP contribution in [0.15, 0.2) is 15.8 Å². The van der Waals surface area contributed by atoms with Crippen molar-refractivity contribution in [1.82, 2.24) is 5.16 Å². The van der Waals surface area contributed by atoms with Crippen LogP contribution in [0.25, 0.3) is 0 Å². The first-order chi connectivity index (χ1) is 5.25. The van der Waals surface area contributed by atoms with E-state index in [0.29, 0.717) is 0 Å². The number of carboxylic acids is 1. The van der Waals surface area contributed by atoms with Gasteiger partial charge in [-0.25, -0.2) is 9.59 Å². The number of carbonyl (C=O) groups excluding carboxylic acids is 1. The number of aromatic nitrogens is 1. The number of hydrogen-bond donors (Lipinski definition) is 1. The van der Waals surface area contributed by atoms with E-state index in [1.807, 2.05) is 0 Å². The number of rotatable bonds is 2. The third-order valence-corrected chi connectivity index (χ3v) is 0.920. The van der Waals surface area contributed by atoms with Crippen LogP contribution in [0.4, 0.5) is 5.69 Å². The fraction of sp³-hybridized carbons (Fsp3) is 0. The Bertz CT molecular complexity index is 306. The van der Waals surface area contributed by atoms with Crippen LogP contribution >= 0.6 is 0 Å². The van der Waals surface area contributed by atoms with Crippen LogP contribution in [0.5, 0.6) is 0 Å². The molecule has 0 fully saturated rings. The van der Waals surface area contributed by atoms with Crippen molar-refractivity contribution in [3.8, 4) is 0 Å². The van der Waals surface area contributed by atoms with Crippen molar-refractivity contribution in [2.24, 2.45) is 4.99 Å². The second-order valence-corrected chi connectivity index (χ2v) is 1.56. The van der Waals surface area contributed by atoms with Crippen molar-refractivity contribution < 1.29 is 19.2 Å². The first kappa shape index (κ1) is 7.17. The molecule has 6 nitrogen and oxygen atoms in total. The summed E-state index contributed by atoms with van der Waals surface area (Å²) in [7, 11) is 0. The molecule has 56 valence electrons. The molecule has 0 radical (unpaired) electrons. The van der Waals surface area contributed by atoms with Gasteiger partial charge in [-0.3, -0.25) is 0 Å². The summed E-state index contributed by atoms with van der Waals surface area (Å²) in [6.45, 7) is 0. The Hall–Kier alpha value is -1.94. The minimum Gasteiger partial charge on any atom is -0.476 e. The number of nitrogens with zero attached hydrogens (tertiary/aromatic N) is 2. The molecule has 1 aromatic heterocycles. The van der Waals surface area contributed by atoms with E-state index in [0.717, 1.165) is 6.26 Å². The van der Waals surface area contributed by atoms with Gasteiger partial charge in [-0.05, 0) is 0 Å². The Morgan fingerprint density at radius 1 is 1.82 bits per heavy atom. The van der Waals surface area contributed by atoms with E-state index < -0.39 is 11.7 Å². The Labute approximate surface area is 60.1 Å². The van der Waals surface area contributed by atoms with E-state index in [1.165, 1.54) is 6.08 Å². The maximum atomic E-state index is 10.2. The minimum absolute atomic E-state index is 0.132. The summed E-state index contributed by atoms with van der Waals surface area (Å²) >= 11 is 0. The second kappa shape index (κ2) is 2.76. The van der Waals surface area contributed by atoms with Gasteiger partial charge in [0, 0.05) is 0 Å². The lowest BCUT2D eigenvalue weighted by molar-refractivity contribution is 0.0686. The van der Waals surface area contributed by atoms with Crippen molar-refractivity contribution in [2.75, 3.05) is 0 Å². The average Bonchev–Trinajstić information content (AvgIpc) is 2.36. The van der Waals surface area contributed by atoms with Crippen molar-refractivity contribution in [1.29, 1.82) is 0 Å². The van der Waals surface area contributed by atoms with Crippen LogP contribution in [0.1, 0.15) is 10.5 Å². The summed E-state index contributed by atoms with van der Waals surface area (Å²) < 4.78 is 4.26. The molecule has 0 amide bonds. The fourth-order valence-corrected chi connectivity index (χ4v) is 0.509. The molecule has 0 aliphatic carbocycles. The monoisotopic (exact) mass is 154 g/mol. The van der Waals surface area contributed by atoms with E-state index in [-0.39, 0.29) is 5.69 Å². The second-order valence-electron chi connectivity index (χ2n) is 1.56. The van der Waals surface area contributed by atoms with Crippen LogP contribution < -0.4 is 0 Å². The molecule has 1 rings (SSSR count). The van der Waals surface area contributed by atoms with Crippen LogP contribution in [0.2, 0.25) is 0 Å². The van der Waals surface area contributed by atoms with E-state index >= 15 is 0 Å². The van der Waals surface area contributed by atoms with Crippen LogP contribution in [-0.4, -0.2) is 22.3 Å². The molecule has 0 spiro atoms. The van der Waals surface area contributed by atoms with Crippen molar-refractivity contribution in [3.05, 3.63) is 12.0 Å². The van der Waals surface area contributed by atoms with Crippen LogP contribution in [0, 0.1) is 0 Å². The summed E-state index contributed by atoms with van der Waals surface area (Å²) in [4.78, 5) is 23.0. The Balaban J connectivity index is 3.15. The number of aliphatic imine (C=N–C) groups is 1. The normalized spacial score (nSPS) is 8.73. The zero-order chi connectivity index (χ0) is 8.27. The molecule has 0 saturated heterocycles. The molecule has 0 aliphatic rings. The summed E-state index contributed by atoms with van der Waals surface area (Å²) in [5, 5.41) is 11.5. The lowest BCUT2D eigenvalue weighted by Gasteiger charge is -1.82. The number of aromatic carboxylic acids is 1. The first-order valence-corrected chi connectivity index (χ1v) is 2.51. The predicted octanol–water partition coefficient (Wildman–Crippen LogP) is 0.340. The van der Waals surface area contributed by atoms with Crippen molar-refractivity contribution >= 4 is 17.7 Å². The van der Waals surface area contributed by atoms with E-state index in [2.05, 4.69) is 14.7 Å². The van der Waals surface area contributed by atoms with Gasteiger partial charge in [0.15, 0.2) is 12.0 Å². The number of hydrogen-bond acceptors (Lipinski definition) is 5. The summed E-state index contributed by atoms with van der Waals surface area (Å²) in [6.07, 6.45) is 2.13. The topological polar surface area (TPSA) is 92.8 Å². The third kappa shape index (κ3) is 1.31. The lowest BCUT2D eigenvalue weighted by Crippen LogP contribution is -1.95. The predicted molar refractivity (Wildman–Crippen MR) is 31.2 cm³/mol. The Morgan fingerprint density at radius 2 is 2.55 bits per heavy atom. The molecule has 0 bridgehead atoms. The van der Waals surface area contributed by atoms with Gasteiger partial charge in [-0.1, -0.05) is 5.16 Å². The largest absolute Gasteiger partial charge is 0.476 e. The van der Waals surface area contributed by atoms with E-state index in [4.69, 9.17) is 5.11 Å². The molecule has 0 aromatic carbocycles. The van der Waals surface area contributed by atoms with Crippen LogP contribution in [0.3, 0.4) is 0 Å². The lowest BCUT2D eigenvalue weighted by atomic mass is 10.4. The van der Waals surface area contributed by atoms with Gasteiger partial charge in [0.2, 0.25) is 11.8 Å². The standard InChI is InChI=1S/C5H2N2O4/c8-2-6-3-1-11-7-4(3)5(9)10/h1H,(H,9,10). The summed E-state index contributed by atoms with van der Waals surface area (Å²) in [6, 6.07) is 0. The van der Waals surface area contributed by atoms with Gasteiger partial charge < -0.3 is 9.63 Å². The van der Waals surface area contributed by atoms with Gasteiger partial charge in [-0.2, -0.15) is 4.99 Å². The molecule has 0 unspecified atom stereocenters. The van der Waals surface area contributed by atoms with E-state index in [1.54, 1.807) is 0 Å². The summed E-state index contributed by atoms with van der Waals surface area (Å²) in [5.74, 6) is -1.30. The number of carbonyl (C=O) groups is 1. The minimum atomic E-state index is -1.30. The SMILES string of the molecule is O=C=Nc1conc1C(=O)O. The zero-order valence-electron chi connectivity index (χ0n) is 5.14. The Morgan fingerprint density at radius 3 is 3.09 bits per heavy atom. The van der Waals surface area contributed by atoms with Crippen molar-refractivity contribution in [3.63, 3.8) is 0 Å². The van der Waals surface area contributed by atoms with Crippen LogP contribution in [-0.2, 0) is 4.79 Å². The Kier molecular flexibility index (Phi) is 1.80. The maximum Gasteiger partial charge on any atom is 0.360 e. The highest BCUT2D eigenvalue weighted by atomic mass is 16.5. The smallest absolute Gasteiger partial charge is 0.360 e. The quantitative estimate of drug-likeness (QED) is 0.489. The molecular formula is C5H2N2O4. The molecule has 1 aromatic rings. The molecule has 1 heterocycles. The molecule has 0 aliphatic heterocycles. The molecule has 11 heavy (non-hydrogen) atoms. The molecule has 0 atom stereocenters. The summed E-state index contributed by atoms with van der Waals surface area (Å²) in [5.41, 5.74) is -0.527. The highest BCUT2D eigenvalue weighted by Gasteiger charge is 2.13. The van der Waals surface area contributed by atoms with Gasteiger partial charge in [0.25, 0.3) is 0 Å². The number of isocyanates is 1. The third-order valence-electron chi connectivity index (χ3n) is 0.920. The van der Waals surface area contributed by atoms with Gasteiger partial charge >= 0.3 is 5.97 Å². The van der Waals surface area contributed by atoms with Gasteiger partial charge in [0.05, 0.1) is 0 Å². The first-order valence-electron chi connectivity index (χ1n) is 2.51. The van der Waals surface area contributed by atoms with Gasteiger partial charge in [0.1, 0.15) is 0 Å². The zero-order valence-corrected chi connectivity index (χ0v) is 5.14. The number of carboxylic acid groups (broad SMARTS) is 1. The average molecular weight is 154 g/mol. The molecule has 0 saturated carbocycles.